The lowest BCUT2D eigenvalue weighted by atomic mass is 9.94. The van der Waals surface area contributed by atoms with Crippen LogP contribution in [0.25, 0.3) is 10.2 Å². The van der Waals surface area contributed by atoms with Gasteiger partial charge in [-0.3, -0.25) is 10.1 Å². The van der Waals surface area contributed by atoms with Gasteiger partial charge in [-0.2, -0.15) is 0 Å². The van der Waals surface area contributed by atoms with E-state index in [2.05, 4.69) is 28.8 Å². The molecule has 30 heavy (non-hydrogen) atoms. The molecule has 3 amide bonds. The van der Waals surface area contributed by atoms with Crippen molar-refractivity contribution in [2.24, 2.45) is 0 Å². The van der Waals surface area contributed by atoms with Gasteiger partial charge < -0.3 is 10.2 Å². The highest BCUT2D eigenvalue weighted by Crippen LogP contribution is 2.32. The third-order valence-corrected chi connectivity index (χ3v) is 6.86. The lowest BCUT2D eigenvalue weighted by Crippen LogP contribution is -3.14. The normalized spacial score (nSPS) is 19.9. The second kappa shape index (κ2) is 9.36. The Morgan fingerprint density at radius 2 is 1.80 bits per heavy atom. The Morgan fingerprint density at radius 3 is 2.50 bits per heavy atom. The van der Waals surface area contributed by atoms with Crippen LogP contribution in [0.4, 0.5) is 4.79 Å². The maximum atomic E-state index is 13.0. The summed E-state index contributed by atoms with van der Waals surface area (Å²) >= 11 is 1.78. The van der Waals surface area contributed by atoms with Crippen molar-refractivity contribution in [2.75, 3.05) is 19.6 Å². The molecule has 0 aliphatic carbocycles. The third-order valence-electron chi connectivity index (χ3n) is 5.66. The molecule has 1 fully saturated rings. The summed E-state index contributed by atoms with van der Waals surface area (Å²) in [5, 5.41) is 6.35. The van der Waals surface area contributed by atoms with E-state index in [1.807, 2.05) is 43.3 Å². The number of rotatable bonds is 5. The number of nitrogens with zero attached hydrogens (tertiary/aromatic N) is 1. The van der Waals surface area contributed by atoms with E-state index in [1.54, 1.807) is 11.3 Å². The first kappa shape index (κ1) is 20.5. The van der Waals surface area contributed by atoms with Gasteiger partial charge in [-0.25, -0.2) is 9.78 Å². The van der Waals surface area contributed by atoms with Crippen molar-refractivity contribution in [2.45, 2.75) is 31.7 Å². The van der Waals surface area contributed by atoms with Crippen molar-refractivity contribution in [3.63, 3.8) is 0 Å². The number of hydrogen-bond acceptors (Lipinski definition) is 4. The second-order valence-electron chi connectivity index (χ2n) is 7.64. The number of fused-ring (bicyclic) bond motifs is 1. The number of carbonyl (C=O) groups is 2. The van der Waals surface area contributed by atoms with Crippen LogP contribution in [0.3, 0.4) is 0 Å². The number of aromatic nitrogens is 1. The van der Waals surface area contributed by atoms with Crippen molar-refractivity contribution in [1.29, 1.82) is 0 Å². The summed E-state index contributed by atoms with van der Waals surface area (Å²) in [4.78, 5) is 31.0. The van der Waals surface area contributed by atoms with E-state index in [4.69, 9.17) is 4.98 Å². The van der Waals surface area contributed by atoms with E-state index in [1.165, 1.54) is 14.6 Å². The largest absolute Gasteiger partial charge is 0.338 e. The van der Waals surface area contributed by atoms with Crippen LogP contribution >= 0.6 is 11.3 Å². The van der Waals surface area contributed by atoms with Gasteiger partial charge in [0.1, 0.15) is 0 Å². The Kier molecular flexibility index (Phi) is 6.40. The summed E-state index contributed by atoms with van der Waals surface area (Å²) < 4.78 is 1.23. The molecule has 0 spiro atoms. The number of nitrogens with one attached hydrogen (secondary N) is 3. The van der Waals surface area contributed by atoms with E-state index in [9.17, 15) is 9.59 Å². The number of amides is 3. The minimum Gasteiger partial charge on any atom is -0.338 e. The number of hydrogen-bond donors (Lipinski definition) is 3. The predicted molar refractivity (Wildman–Crippen MR) is 119 cm³/mol. The van der Waals surface area contributed by atoms with Crippen molar-refractivity contribution >= 4 is 33.5 Å². The van der Waals surface area contributed by atoms with Crippen molar-refractivity contribution in [3.8, 4) is 0 Å². The zero-order chi connectivity index (χ0) is 20.9. The van der Waals surface area contributed by atoms with E-state index in [-0.39, 0.29) is 5.91 Å². The minimum atomic E-state index is -0.438. The fourth-order valence-corrected chi connectivity index (χ4v) is 5.33. The zero-order valence-corrected chi connectivity index (χ0v) is 17.9. The van der Waals surface area contributed by atoms with Gasteiger partial charge in [0, 0.05) is 30.9 Å². The first-order valence-corrected chi connectivity index (χ1v) is 11.3. The number of para-hydroxylation sites is 1. The molecule has 0 unspecified atom stereocenters. The van der Waals surface area contributed by atoms with Gasteiger partial charge in [-0.05, 0) is 19.1 Å². The molecule has 4 rings (SSSR count). The van der Waals surface area contributed by atoms with Crippen molar-refractivity contribution < 1.29 is 14.5 Å². The van der Waals surface area contributed by atoms with Gasteiger partial charge in [0.05, 0.1) is 28.3 Å². The molecule has 2 heterocycles. The minimum absolute atomic E-state index is 0.249. The summed E-state index contributed by atoms with van der Waals surface area (Å²) in [7, 11) is 0. The molecule has 7 heteroatoms. The first-order valence-electron chi connectivity index (χ1n) is 10.5. The van der Waals surface area contributed by atoms with Crippen LogP contribution in [0.1, 0.15) is 42.3 Å². The Hall–Kier alpha value is -2.77. The van der Waals surface area contributed by atoms with Crippen LogP contribution in [0, 0.1) is 0 Å². The molecular formula is C23H27N4O2S+. The number of piperidine rings is 1. The first-order chi connectivity index (χ1) is 14.7. The highest BCUT2D eigenvalue weighted by Gasteiger charge is 2.36. The fraction of sp³-hybridized carbons (Fsp3) is 0.348. The standard InChI is InChI=1S/C23H26N4O2S/c1-2-24-23(29)26-21(28)20(16-8-4-3-5-9-16)27-14-12-17(13-15-27)22-25-18-10-6-7-11-19(18)30-22/h3-11,17,20H,2,12-15H2,1H3,(H2,24,26,28,29)/p+1/t20-/m1/s1. The van der Waals surface area contributed by atoms with E-state index < -0.39 is 12.1 Å². The number of urea groups is 1. The van der Waals surface area contributed by atoms with Gasteiger partial charge in [0.15, 0.2) is 6.04 Å². The molecule has 1 aromatic heterocycles. The van der Waals surface area contributed by atoms with E-state index in [0.29, 0.717) is 12.5 Å². The molecule has 1 aliphatic rings. The van der Waals surface area contributed by atoms with Crippen LogP contribution in [-0.2, 0) is 4.79 Å². The Morgan fingerprint density at radius 1 is 1.10 bits per heavy atom. The molecule has 1 atom stereocenters. The van der Waals surface area contributed by atoms with E-state index in [0.717, 1.165) is 37.0 Å². The molecule has 0 radical (unpaired) electrons. The average molecular weight is 424 g/mol. The summed E-state index contributed by atoms with van der Waals surface area (Å²) in [6.45, 7) is 4.04. The maximum Gasteiger partial charge on any atom is 0.321 e. The maximum absolute atomic E-state index is 13.0. The average Bonchev–Trinajstić information content (AvgIpc) is 3.19. The van der Waals surface area contributed by atoms with Crippen LogP contribution in [0.2, 0.25) is 0 Å². The molecule has 1 aliphatic heterocycles. The van der Waals surface area contributed by atoms with Gasteiger partial charge in [0.2, 0.25) is 0 Å². The Labute approximate surface area is 180 Å². The molecule has 156 valence electrons. The highest BCUT2D eigenvalue weighted by molar-refractivity contribution is 7.18. The van der Waals surface area contributed by atoms with Gasteiger partial charge in [-0.15, -0.1) is 11.3 Å². The molecule has 1 saturated heterocycles. The topological polar surface area (TPSA) is 75.5 Å². The third kappa shape index (κ3) is 4.52. The number of thiazole rings is 1. The monoisotopic (exact) mass is 423 g/mol. The lowest BCUT2D eigenvalue weighted by Gasteiger charge is -2.33. The molecule has 0 saturated carbocycles. The van der Waals surface area contributed by atoms with Crippen LogP contribution in [0.5, 0.6) is 0 Å². The summed E-state index contributed by atoms with van der Waals surface area (Å²) in [6.07, 6.45) is 1.96. The molecule has 3 aromatic rings. The zero-order valence-electron chi connectivity index (χ0n) is 17.1. The number of quaternary nitrogens is 1. The van der Waals surface area contributed by atoms with Crippen molar-refractivity contribution in [3.05, 3.63) is 65.2 Å². The quantitative estimate of drug-likeness (QED) is 0.591. The Bertz CT molecular complexity index is 979. The number of carbonyl (C=O) groups excluding carboxylic acids is 2. The summed E-state index contributed by atoms with van der Waals surface area (Å²) in [5.41, 5.74) is 2.00. The van der Waals surface area contributed by atoms with Gasteiger partial charge in [0.25, 0.3) is 5.91 Å². The van der Waals surface area contributed by atoms with Crippen LogP contribution in [0.15, 0.2) is 54.6 Å². The SMILES string of the molecule is CCNC(=O)NC(=O)[C@@H](c1ccccc1)[NH+]1CCC(c2nc3ccccc3s2)CC1. The number of imide groups is 1. The van der Waals surface area contributed by atoms with Crippen molar-refractivity contribution in [1.82, 2.24) is 15.6 Å². The molecular weight excluding hydrogens is 396 g/mol. The van der Waals surface area contributed by atoms with Gasteiger partial charge >= 0.3 is 6.03 Å². The molecule has 0 bridgehead atoms. The Balaban J connectivity index is 1.48. The second-order valence-corrected chi connectivity index (χ2v) is 8.71. The number of likely N-dealkylation sites (tertiary alicyclic amines) is 1. The van der Waals surface area contributed by atoms with Crippen LogP contribution in [-0.4, -0.2) is 36.6 Å². The lowest BCUT2D eigenvalue weighted by molar-refractivity contribution is -0.927. The summed E-state index contributed by atoms with van der Waals surface area (Å²) in [6, 6.07) is 17.2. The highest BCUT2D eigenvalue weighted by atomic mass is 32.1. The molecule has 6 nitrogen and oxygen atoms in total. The van der Waals surface area contributed by atoms with E-state index >= 15 is 0 Å². The van der Waals surface area contributed by atoms with Gasteiger partial charge in [-0.1, -0.05) is 42.5 Å². The smallest absolute Gasteiger partial charge is 0.321 e. The fourth-order valence-electron chi connectivity index (χ4n) is 4.20. The predicted octanol–water partition coefficient (Wildman–Crippen LogP) is 2.65. The van der Waals surface area contributed by atoms with Crippen LogP contribution < -0.4 is 15.5 Å². The molecule has 2 aromatic carbocycles. The number of benzene rings is 2. The molecule has 3 N–H and O–H groups in total. The summed E-state index contributed by atoms with van der Waals surface area (Å²) in [5.74, 6) is 0.176.